The normalized spacial score (nSPS) is 9.97. The van der Waals surface area contributed by atoms with Crippen molar-refractivity contribution in [2.24, 2.45) is 0 Å². The molecule has 170 valence electrons. The maximum absolute atomic E-state index is 12.7. The number of benzene rings is 1. The quantitative estimate of drug-likeness (QED) is 0.132. The van der Waals surface area contributed by atoms with Gasteiger partial charge < -0.3 is 14.2 Å². The van der Waals surface area contributed by atoms with Gasteiger partial charge in [0.05, 0.1) is 7.11 Å². The van der Waals surface area contributed by atoms with Crippen molar-refractivity contribution in [3.63, 3.8) is 0 Å². The predicted octanol–water partition coefficient (Wildman–Crippen LogP) is 2.74. The highest BCUT2D eigenvalue weighted by Crippen LogP contribution is 2.20. The number of nitrogens with one attached hydrogen (secondary N) is 4. The summed E-state index contributed by atoms with van der Waals surface area (Å²) in [6.07, 6.45) is 1.28. The second-order valence-electron chi connectivity index (χ2n) is 6.45. The van der Waals surface area contributed by atoms with Crippen molar-refractivity contribution in [1.29, 1.82) is 21.6 Å². The van der Waals surface area contributed by atoms with E-state index in [2.05, 4.69) is 9.47 Å². The van der Waals surface area contributed by atoms with Crippen LogP contribution in [0.25, 0.3) is 0 Å². The first-order chi connectivity index (χ1) is 15.1. The smallest absolute Gasteiger partial charge is 0.366 e. The van der Waals surface area contributed by atoms with Crippen LogP contribution in [0.15, 0.2) is 18.2 Å². The van der Waals surface area contributed by atoms with Crippen LogP contribution in [0, 0.1) is 21.6 Å². The highest BCUT2D eigenvalue weighted by Gasteiger charge is 2.30. The second kappa shape index (κ2) is 12.0. The minimum Gasteiger partial charge on any atom is -0.497 e. The van der Waals surface area contributed by atoms with Gasteiger partial charge in [-0.3, -0.25) is 31.2 Å². The van der Waals surface area contributed by atoms with Crippen LogP contribution in [0.3, 0.4) is 0 Å². The van der Waals surface area contributed by atoms with Crippen LogP contribution in [-0.2, 0) is 19.1 Å². The molecular formula is C21H24N4O7. The van der Waals surface area contributed by atoms with Crippen molar-refractivity contribution in [2.75, 3.05) is 7.11 Å². The second-order valence-corrected chi connectivity index (χ2v) is 6.45. The fourth-order valence-corrected chi connectivity index (χ4v) is 2.37. The summed E-state index contributed by atoms with van der Waals surface area (Å²) in [5.41, 5.74) is -3.20. The van der Waals surface area contributed by atoms with Crippen molar-refractivity contribution < 1.29 is 33.4 Å². The molecule has 4 N–H and O–H groups in total. The molecule has 0 unspecified atom stereocenters. The Hall–Kier alpha value is -4.02. The minimum absolute atomic E-state index is 0.114. The fraction of sp³-hybridized carbons (Fsp3) is 0.333. The zero-order chi connectivity index (χ0) is 24.4. The van der Waals surface area contributed by atoms with Crippen LogP contribution < -0.4 is 4.74 Å². The Morgan fingerprint density at radius 2 is 1.19 bits per heavy atom. The average Bonchev–Trinajstić information content (AvgIpc) is 2.76. The topological polar surface area (TPSA) is 191 Å². The molecule has 1 aromatic carbocycles. The van der Waals surface area contributed by atoms with Crippen molar-refractivity contribution >= 4 is 46.7 Å². The van der Waals surface area contributed by atoms with Crippen LogP contribution in [0.5, 0.6) is 5.75 Å². The van der Waals surface area contributed by atoms with E-state index in [1.54, 1.807) is 13.8 Å². The molecule has 0 bridgehead atoms. The van der Waals surface area contributed by atoms with Gasteiger partial charge in [-0.25, -0.2) is 9.59 Å². The predicted molar refractivity (Wildman–Crippen MR) is 115 cm³/mol. The van der Waals surface area contributed by atoms with E-state index >= 15 is 0 Å². The molecule has 1 aromatic rings. The first-order valence-electron chi connectivity index (χ1n) is 9.60. The van der Waals surface area contributed by atoms with E-state index in [4.69, 9.17) is 26.4 Å². The van der Waals surface area contributed by atoms with E-state index in [1.807, 2.05) is 0 Å². The van der Waals surface area contributed by atoms with Crippen molar-refractivity contribution in [1.82, 2.24) is 0 Å². The van der Waals surface area contributed by atoms with Crippen molar-refractivity contribution in [3.05, 3.63) is 29.3 Å². The number of Topliss-reactive ketones (excluding diaryl/α,β-unsaturated/α-hetero) is 2. The molecule has 0 aromatic heterocycles. The van der Waals surface area contributed by atoms with Gasteiger partial charge in [0, 0.05) is 24.0 Å². The monoisotopic (exact) mass is 444 g/mol. The SMILES string of the molecule is CCCC(=N)OC(=O)C(=N)C(=O)c1ccc(OC)cc1C(=O)C(=N)C(=O)OC(=N)CCC. The van der Waals surface area contributed by atoms with Gasteiger partial charge in [0.1, 0.15) is 5.75 Å². The molecular weight excluding hydrogens is 420 g/mol. The highest BCUT2D eigenvalue weighted by atomic mass is 16.5. The lowest BCUT2D eigenvalue weighted by Crippen LogP contribution is -2.31. The van der Waals surface area contributed by atoms with Crippen LogP contribution in [0.1, 0.15) is 60.2 Å². The maximum Gasteiger partial charge on any atom is 0.366 e. The molecule has 0 fully saturated rings. The fourth-order valence-electron chi connectivity index (χ4n) is 2.37. The summed E-state index contributed by atoms with van der Waals surface area (Å²) in [6.45, 7) is 3.49. The number of esters is 2. The van der Waals surface area contributed by atoms with Gasteiger partial charge in [0.15, 0.2) is 23.2 Å². The first-order valence-corrected chi connectivity index (χ1v) is 9.60. The number of hydrogen-bond donors (Lipinski definition) is 4. The standard InChI is InChI=1S/C21H24N4O7/c1-4-6-14(22)31-20(28)16(24)18(26)12-9-8-11(30-3)10-13(12)19(27)17(25)21(29)32-15(23)7-5-2/h8-10,22-25H,4-7H2,1-3H3. The zero-order valence-corrected chi connectivity index (χ0v) is 17.9. The Kier molecular flexibility index (Phi) is 9.74. The van der Waals surface area contributed by atoms with Crippen LogP contribution in [-0.4, -0.2) is 53.8 Å². The number of ether oxygens (including phenoxy) is 3. The Balaban J connectivity index is 3.23. The summed E-state index contributed by atoms with van der Waals surface area (Å²) in [6, 6.07) is 3.47. The average molecular weight is 444 g/mol. The molecule has 11 nitrogen and oxygen atoms in total. The van der Waals surface area contributed by atoms with Gasteiger partial charge in [0.25, 0.3) is 0 Å². The zero-order valence-electron chi connectivity index (χ0n) is 17.9. The Labute approximate surface area is 184 Å². The summed E-state index contributed by atoms with van der Waals surface area (Å²) < 4.78 is 14.3. The number of hydrogen-bond acceptors (Lipinski definition) is 11. The lowest BCUT2D eigenvalue weighted by atomic mass is 9.95. The molecule has 0 aliphatic rings. The lowest BCUT2D eigenvalue weighted by Gasteiger charge is -2.11. The number of methoxy groups -OCH3 is 1. The number of rotatable bonds is 11. The van der Waals surface area contributed by atoms with E-state index in [9.17, 15) is 19.2 Å². The van der Waals surface area contributed by atoms with Crippen LogP contribution in [0.2, 0.25) is 0 Å². The van der Waals surface area contributed by atoms with E-state index in [-0.39, 0.29) is 18.6 Å². The Bertz CT molecular complexity index is 998. The summed E-state index contributed by atoms with van der Waals surface area (Å²) >= 11 is 0. The summed E-state index contributed by atoms with van der Waals surface area (Å²) in [5, 5.41) is 30.6. The number of ketones is 2. The van der Waals surface area contributed by atoms with Gasteiger partial charge in [-0.05, 0) is 31.0 Å². The van der Waals surface area contributed by atoms with Gasteiger partial charge in [-0.1, -0.05) is 13.8 Å². The summed E-state index contributed by atoms with van der Waals surface area (Å²) in [5.74, 6) is -5.89. The van der Waals surface area contributed by atoms with E-state index in [0.717, 1.165) is 12.1 Å². The van der Waals surface area contributed by atoms with Crippen LogP contribution in [0.4, 0.5) is 0 Å². The molecule has 32 heavy (non-hydrogen) atoms. The van der Waals surface area contributed by atoms with Crippen molar-refractivity contribution in [3.8, 4) is 5.75 Å². The van der Waals surface area contributed by atoms with Gasteiger partial charge in [-0.15, -0.1) is 0 Å². The molecule has 0 heterocycles. The van der Waals surface area contributed by atoms with E-state index in [0.29, 0.717) is 12.8 Å². The van der Waals surface area contributed by atoms with E-state index in [1.165, 1.54) is 13.2 Å². The molecule has 0 saturated heterocycles. The third kappa shape index (κ3) is 6.76. The van der Waals surface area contributed by atoms with Gasteiger partial charge >= 0.3 is 11.9 Å². The number of carbonyl (C=O) groups is 4. The Morgan fingerprint density at radius 1 is 0.750 bits per heavy atom. The third-order valence-electron chi connectivity index (χ3n) is 3.96. The van der Waals surface area contributed by atoms with Crippen LogP contribution >= 0.6 is 0 Å². The molecule has 0 saturated carbocycles. The molecule has 0 aliphatic carbocycles. The van der Waals surface area contributed by atoms with Gasteiger partial charge in [-0.2, -0.15) is 0 Å². The lowest BCUT2D eigenvalue weighted by molar-refractivity contribution is -0.129. The molecule has 0 aliphatic heterocycles. The third-order valence-corrected chi connectivity index (χ3v) is 3.96. The molecule has 11 heteroatoms. The number of carbonyl (C=O) groups excluding carboxylic acids is 4. The molecule has 0 spiro atoms. The van der Waals surface area contributed by atoms with Crippen molar-refractivity contribution in [2.45, 2.75) is 39.5 Å². The van der Waals surface area contributed by atoms with Gasteiger partial charge in [0.2, 0.25) is 11.6 Å². The molecule has 1 rings (SSSR count). The largest absolute Gasteiger partial charge is 0.497 e. The summed E-state index contributed by atoms with van der Waals surface area (Å²) in [7, 11) is 1.29. The molecule has 0 atom stereocenters. The first kappa shape index (κ1) is 26.0. The maximum atomic E-state index is 12.7. The Morgan fingerprint density at radius 3 is 1.59 bits per heavy atom. The highest BCUT2D eigenvalue weighted by molar-refractivity contribution is 6.70. The van der Waals surface area contributed by atoms with E-state index < -0.39 is 57.9 Å². The molecule has 0 amide bonds. The molecule has 0 radical (unpaired) electrons. The minimum atomic E-state index is -1.38. The summed E-state index contributed by atoms with van der Waals surface area (Å²) in [4.78, 5) is 49.5.